The van der Waals surface area contributed by atoms with E-state index in [1.54, 1.807) is 17.2 Å². The number of nitrogens with zero attached hydrogens (tertiary/aromatic N) is 5. The number of benzene rings is 1. The van der Waals surface area contributed by atoms with Crippen LogP contribution in [0.2, 0.25) is 0 Å². The van der Waals surface area contributed by atoms with Gasteiger partial charge in [0.2, 0.25) is 0 Å². The molecule has 2 aromatic heterocycles. The zero-order valence-corrected chi connectivity index (χ0v) is 11.3. The van der Waals surface area contributed by atoms with Crippen molar-refractivity contribution < 1.29 is 0 Å². The van der Waals surface area contributed by atoms with Crippen LogP contribution >= 0.6 is 0 Å². The van der Waals surface area contributed by atoms with Crippen molar-refractivity contribution >= 4 is 0 Å². The van der Waals surface area contributed by atoms with Crippen LogP contribution in [0.5, 0.6) is 0 Å². The summed E-state index contributed by atoms with van der Waals surface area (Å²) < 4.78 is 3.64. The van der Waals surface area contributed by atoms with Crippen molar-refractivity contribution in [1.29, 1.82) is 0 Å². The predicted molar refractivity (Wildman–Crippen MR) is 75.1 cm³/mol. The normalized spacial score (nSPS) is 10.8. The lowest BCUT2D eigenvalue weighted by Crippen LogP contribution is -2.17. The molecule has 0 atom stereocenters. The van der Waals surface area contributed by atoms with Crippen molar-refractivity contribution in [3.8, 4) is 5.69 Å². The van der Waals surface area contributed by atoms with Crippen LogP contribution in [0.25, 0.3) is 5.69 Å². The van der Waals surface area contributed by atoms with Crippen molar-refractivity contribution in [2.45, 2.75) is 13.1 Å². The Hall–Kier alpha value is -2.47. The third kappa shape index (κ3) is 2.60. The van der Waals surface area contributed by atoms with Gasteiger partial charge in [0.15, 0.2) is 0 Å². The van der Waals surface area contributed by atoms with Gasteiger partial charge in [-0.1, -0.05) is 18.2 Å². The van der Waals surface area contributed by atoms with Crippen molar-refractivity contribution in [2.75, 3.05) is 0 Å². The van der Waals surface area contributed by atoms with Gasteiger partial charge in [-0.2, -0.15) is 10.2 Å². The standard InChI is InChI=1S/C14H16N6/c1-19-14(16-11-18-19)10-15-9-12-5-2-3-6-13(12)20-8-4-7-17-20/h2-8,11,15H,9-10H2,1H3. The highest BCUT2D eigenvalue weighted by molar-refractivity contribution is 5.40. The smallest absolute Gasteiger partial charge is 0.140 e. The summed E-state index contributed by atoms with van der Waals surface area (Å²) >= 11 is 0. The van der Waals surface area contributed by atoms with E-state index < -0.39 is 0 Å². The predicted octanol–water partition coefficient (Wildman–Crippen LogP) is 1.29. The average molecular weight is 268 g/mol. The number of rotatable bonds is 5. The average Bonchev–Trinajstić information content (AvgIpc) is 3.12. The fraction of sp³-hybridized carbons (Fsp3) is 0.214. The van der Waals surface area contributed by atoms with E-state index in [1.807, 2.05) is 36.1 Å². The van der Waals surface area contributed by atoms with Gasteiger partial charge in [-0.05, 0) is 17.7 Å². The summed E-state index contributed by atoms with van der Waals surface area (Å²) in [6.45, 7) is 1.44. The second kappa shape index (κ2) is 5.66. The third-order valence-corrected chi connectivity index (χ3v) is 3.15. The summed E-state index contributed by atoms with van der Waals surface area (Å²) in [5.41, 5.74) is 2.28. The lowest BCUT2D eigenvalue weighted by molar-refractivity contribution is 0.612. The Morgan fingerprint density at radius 2 is 2.00 bits per heavy atom. The first-order chi connectivity index (χ1) is 9.84. The van der Waals surface area contributed by atoms with Gasteiger partial charge >= 0.3 is 0 Å². The van der Waals surface area contributed by atoms with E-state index in [9.17, 15) is 0 Å². The molecule has 0 aliphatic heterocycles. The van der Waals surface area contributed by atoms with Gasteiger partial charge in [0.25, 0.3) is 0 Å². The van der Waals surface area contributed by atoms with E-state index in [0.717, 1.165) is 18.1 Å². The molecule has 0 unspecified atom stereocenters. The molecule has 1 aromatic carbocycles. The van der Waals surface area contributed by atoms with Crippen molar-refractivity contribution in [2.24, 2.45) is 7.05 Å². The van der Waals surface area contributed by atoms with E-state index in [0.29, 0.717) is 6.54 Å². The fourth-order valence-electron chi connectivity index (χ4n) is 2.08. The molecule has 0 aliphatic carbocycles. The fourth-order valence-corrected chi connectivity index (χ4v) is 2.08. The Morgan fingerprint density at radius 1 is 1.10 bits per heavy atom. The molecule has 0 spiro atoms. The van der Waals surface area contributed by atoms with Crippen LogP contribution in [0.15, 0.2) is 49.1 Å². The lowest BCUT2D eigenvalue weighted by atomic mass is 10.2. The van der Waals surface area contributed by atoms with Crippen LogP contribution in [-0.4, -0.2) is 24.5 Å². The van der Waals surface area contributed by atoms with Gasteiger partial charge in [-0.25, -0.2) is 9.67 Å². The monoisotopic (exact) mass is 268 g/mol. The summed E-state index contributed by atoms with van der Waals surface area (Å²) in [5, 5.41) is 11.7. The summed E-state index contributed by atoms with van der Waals surface area (Å²) in [7, 11) is 1.89. The Bertz CT molecular complexity index is 671. The molecule has 102 valence electrons. The second-order valence-corrected chi connectivity index (χ2v) is 4.48. The molecule has 2 heterocycles. The first-order valence-electron chi connectivity index (χ1n) is 6.46. The van der Waals surface area contributed by atoms with Crippen molar-refractivity contribution in [3.63, 3.8) is 0 Å². The number of para-hydroxylation sites is 1. The molecule has 0 fully saturated rings. The maximum absolute atomic E-state index is 4.28. The Labute approximate surface area is 117 Å². The highest BCUT2D eigenvalue weighted by atomic mass is 15.3. The summed E-state index contributed by atoms with van der Waals surface area (Å²) in [4.78, 5) is 4.19. The molecule has 0 saturated carbocycles. The Morgan fingerprint density at radius 3 is 2.75 bits per heavy atom. The van der Waals surface area contributed by atoms with E-state index in [1.165, 1.54) is 5.56 Å². The highest BCUT2D eigenvalue weighted by Crippen LogP contribution is 2.13. The Balaban J connectivity index is 1.70. The number of hydrogen-bond acceptors (Lipinski definition) is 4. The SMILES string of the molecule is Cn1ncnc1CNCc1ccccc1-n1cccn1. The molecule has 20 heavy (non-hydrogen) atoms. The van der Waals surface area contributed by atoms with Crippen LogP contribution in [0.3, 0.4) is 0 Å². The van der Waals surface area contributed by atoms with Crippen LogP contribution in [0.1, 0.15) is 11.4 Å². The zero-order chi connectivity index (χ0) is 13.8. The maximum Gasteiger partial charge on any atom is 0.140 e. The van der Waals surface area contributed by atoms with Crippen LogP contribution < -0.4 is 5.32 Å². The molecule has 3 aromatic rings. The first kappa shape index (κ1) is 12.6. The van der Waals surface area contributed by atoms with Gasteiger partial charge in [0.1, 0.15) is 12.2 Å². The molecule has 0 saturated heterocycles. The number of aromatic nitrogens is 5. The molecule has 6 nitrogen and oxygen atoms in total. The van der Waals surface area contributed by atoms with Crippen molar-refractivity contribution in [1.82, 2.24) is 29.9 Å². The molecular formula is C14H16N6. The topological polar surface area (TPSA) is 60.6 Å². The van der Waals surface area contributed by atoms with Gasteiger partial charge in [-0.3, -0.25) is 4.68 Å². The molecule has 0 bridgehead atoms. The highest BCUT2D eigenvalue weighted by Gasteiger charge is 2.05. The summed E-state index contributed by atoms with van der Waals surface area (Å²) in [5.74, 6) is 0.918. The summed E-state index contributed by atoms with van der Waals surface area (Å²) in [6, 6.07) is 10.1. The molecule has 3 rings (SSSR count). The largest absolute Gasteiger partial charge is 0.306 e. The van der Waals surface area contributed by atoms with Crippen molar-refractivity contribution in [3.05, 3.63) is 60.4 Å². The molecule has 6 heteroatoms. The molecule has 0 radical (unpaired) electrons. The number of nitrogens with one attached hydrogen (secondary N) is 1. The second-order valence-electron chi connectivity index (χ2n) is 4.48. The number of aryl methyl sites for hydroxylation is 1. The van der Waals surface area contributed by atoms with Crippen LogP contribution in [0, 0.1) is 0 Å². The minimum atomic E-state index is 0.684. The van der Waals surface area contributed by atoms with Crippen LogP contribution in [0.4, 0.5) is 0 Å². The van der Waals surface area contributed by atoms with Gasteiger partial charge in [0, 0.05) is 26.0 Å². The third-order valence-electron chi connectivity index (χ3n) is 3.15. The van der Waals surface area contributed by atoms with E-state index in [-0.39, 0.29) is 0 Å². The lowest BCUT2D eigenvalue weighted by Gasteiger charge is -2.10. The minimum Gasteiger partial charge on any atom is -0.306 e. The van der Waals surface area contributed by atoms with E-state index in [2.05, 4.69) is 32.6 Å². The van der Waals surface area contributed by atoms with Crippen LogP contribution in [-0.2, 0) is 20.1 Å². The maximum atomic E-state index is 4.28. The molecule has 1 N–H and O–H groups in total. The van der Waals surface area contributed by atoms with Gasteiger partial charge in [0.05, 0.1) is 12.2 Å². The molecule has 0 amide bonds. The molecule has 0 aliphatic rings. The first-order valence-corrected chi connectivity index (χ1v) is 6.46. The Kier molecular flexibility index (Phi) is 3.56. The summed E-state index contributed by atoms with van der Waals surface area (Å²) in [6.07, 6.45) is 5.29. The minimum absolute atomic E-state index is 0.684. The van der Waals surface area contributed by atoms with E-state index >= 15 is 0 Å². The quantitative estimate of drug-likeness (QED) is 0.757. The number of hydrogen-bond donors (Lipinski definition) is 1. The zero-order valence-electron chi connectivity index (χ0n) is 11.3. The van der Waals surface area contributed by atoms with E-state index in [4.69, 9.17) is 0 Å². The van der Waals surface area contributed by atoms with Gasteiger partial charge in [-0.15, -0.1) is 0 Å². The van der Waals surface area contributed by atoms with Gasteiger partial charge < -0.3 is 5.32 Å². The molecular weight excluding hydrogens is 252 g/mol.